The molecule has 1 fully saturated rings. The number of carbonyl (C=O) groups excluding carboxylic acids is 4. The van der Waals surface area contributed by atoms with Crippen LogP contribution in [0, 0.1) is 0 Å². The molecule has 0 atom stereocenters. The Labute approximate surface area is 142 Å². The highest BCUT2D eigenvalue weighted by atomic mass is 35.5. The molecule has 0 aliphatic heterocycles. The quantitative estimate of drug-likeness (QED) is 0.648. The van der Waals surface area contributed by atoms with Gasteiger partial charge in [-0.3, -0.25) is 19.7 Å². The lowest BCUT2D eigenvalue weighted by Gasteiger charge is -2.07. The summed E-state index contributed by atoms with van der Waals surface area (Å²) in [6, 6.07) is 5.61. The van der Waals surface area contributed by atoms with Crippen LogP contribution in [0.15, 0.2) is 24.3 Å². The van der Waals surface area contributed by atoms with E-state index in [9.17, 15) is 19.2 Å². The highest BCUT2D eigenvalue weighted by molar-refractivity contribution is 6.30. The molecule has 1 aromatic carbocycles. The van der Waals surface area contributed by atoms with E-state index in [1.807, 2.05) is 5.32 Å². The predicted molar refractivity (Wildman–Crippen MR) is 84.4 cm³/mol. The van der Waals surface area contributed by atoms with Crippen LogP contribution in [0.2, 0.25) is 5.02 Å². The van der Waals surface area contributed by atoms with Crippen molar-refractivity contribution in [3.05, 3.63) is 34.9 Å². The molecule has 0 radical (unpaired) electrons. The third-order valence-electron chi connectivity index (χ3n) is 3.03. The number of carbonyl (C=O) groups is 4. The Morgan fingerprint density at radius 3 is 2.42 bits per heavy atom. The second-order valence-corrected chi connectivity index (χ2v) is 5.58. The van der Waals surface area contributed by atoms with Crippen molar-refractivity contribution in [2.24, 2.45) is 0 Å². The van der Waals surface area contributed by atoms with Gasteiger partial charge in [-0.2, -0.15) is 0 Å². The van der Waals surface area contributed by atoms with E-state index >= 15 is 0 Å². The Kier molecular flexibility index (Phi) is 6.14. The summed E-state index contributed by atoms with van der Waals surface area (Å²) < 4.78 is 4.66. The summed E-state index contributed by atoms with van der Waals surface area (Å²) in [5, 5.41) is 7.43. The van der Waals surface area contributed by atoms with E-state index in [-0.39, 0.29) is 6.04 Å². The first-order valence-corrected chi connectivity index (χ1v) is 7.61. The fraction of sp³-hybridized carbons (Fsp3) is 0.333. The molecule has 0 aromatic heterocycles. The Morgan fingerprint density at radius 2 is 1.79 bits per heavy atom. The number of halogens is 1. The summed E-state index contributed by atoms with van der Waals surface area (Å²) >= 11 is 5.71. The molecule has 2 rings (SSSR count). The van der Waals surface area contributed by atoms with Gasteiger partial charge in [-0.05, 0) is 37.1 Å². The highest BCUT2D eigenvalue weighted by Gasteiger charge is 2.24. The summed E-state index contributed by atoms with van der Waals surface area (Å²) in [5.74, 6) is -2.02. The SMILES string of the molecule is O=C(COC(=O)CNC(=O)c1ccc(Cl)cc1)NC(=O)NC1CC1. The molecular weight excluding hydrogens is 338 g/mol. The van der Waals surface area contributed by atoms with Crippen LogP contribution < -0.4 is 16.0 Å². The third kappa shape index (κ3) is 6.25. The minimum absolute atomic E-state index is 0.114. The van der Waals surface area contributed by atoms with Crippen molar-refractivity contribution in [3.63, 3.8) is 0 Å². The second-order valence-electron chi connectivity index (χ2n) is 5.15. The van der Waals surface area contributed by atoms with Crippen molar-refractivity contribution in [1.82, 2.24) is 16.0 Å². The van der Waals surface area contributed by atoms with E-state index in [4.69, 9.17) is 11.6 Å². The van der Waals surface area contributed by atoms with Crippen LogP contribution in [0.4, 0.5) is 4.79 Å². The van der Waals surface area contributed by atoms with Gasteiger partial charge >= 0.3 is 12.0 Å². The average Bonchev–Trinajstić information content (AvgIpc) is 3.35. The number of amides is 4. The molecule has 1 aromatic rings. The molecule has 1 saturated carbocycles. The Hall–Kier alpha value is -2.61. The largest absolute Gasteiger partial charge is 0.454 e. The van der Waals surface area contributed by atoms with Crippen LogP contribution in [0.25, 0.3) is 0 Å². The van der Waals surface area contributed by atoms with Gasteiger partial charge in [0.2, 0.25) is 0 Å². The minimum atomic E-state index is -0.796. The maximum Gasteiger partial charge on any atom is 0.325 e. The van der Waals surface area contributed by atoms with Gasteiger partial charge in [0.15, 0.2) is 6.61 Å². The maximum atomic E-state index is 11.8. The zero-order valence-electron chi connectivity index (χ0n) is 12.6. The zero-order chi connectivity index (χ0) is 17.5. The number of hydrogen-bond acceptors (Lipinski definition) is 5. The van der Waals surface area contributed by atoms with Crippen molar-refractivity contribution in [3.8, 4) is 0 Å². The van der Waals surface area contributed by atoms with Crippen molar-refractivity contribution >= 4 is 35.4 Å². The van der Waals surface area contributed by atoms with Crippen LogP contribution in [0.3, 0.4) is 0 Å². The van der Waals surface area contributed by atoms with Crippen LogP contribution in [0.1, 0.15) is 23.2 Å². The van der Waals surface area contributed by atoms with Crippen molar-refractivity contribution in [2.45, 2.75) is 18.9 Å². The molecule has 0 unspecified atom stereocenters. The number of ether oxygens (including phenoxy) is 1. The monoisotopic (exact) mass is 353 g/mol. The second kappa shape index (κ2) is 8.30. The normalized spacial score (nSPS) is 12.9. The van der Waals surface area contributed by atoms with E-state index < -0.39 is 37.0 Å². The van der Waals surface area contributed by atoms with Gasteiger partial charge in [0, 0.05) is 16.6 Å². The molecule has 1 aliphatic rings. The molecule has 0 heterocycles. The number of rotatable bonds is 6. The molecule has 4 amide bonds. The molecular formula is C15H16ClN3O5. The Morgan fingerprint density at radius 1 is 1.12 bits per heavy atom. The van der Waals surface area contributed by atoms with Gasteiger partial charge in [-0.15, -0.1) is 0 Å². The van der Waals surface area contributed by atoms with Gasteiger partial charge in [-0.25, -0.2) is 4.79 Å². The lowest BCUT2D eigenvalue weighted by molar-refractivity contribution is -0.147. The van der Waals surface area contributed by atoms with Gasteiger partial charge in [0.1, 0.15) is 6.54 Å². The van der Waals surface area contributed by atoms with E-state index in [0.29, 0.717) is 10.6 Å². The lowest BCUT2D eigenvalue weighted by atomic mass is 10.2. The van der Waals surface area contributed by atoms with Crippen LogP contribution >= 0.6 is 11.6 Å². The molecule has 9 heteroatoms. The number of esters is 1. The van der Waals surface area contributed by atoms with Crippen molar-refractivity contribution in [2.75, 3.05) is 13.2 Å². The molecule has 0 spiro atoms. The van der Waals surface area contributed by atoms with E-state index in [2.05, 4.69) is 15.4 Å². The van der Waals surface area contributed by atoms with Crippen molar-refractivity contribution in [1.29, 1.82) is 0 Å². The molecule has 128 valence electrons. The van der Waals surface area contributed by atoms with Crippen LogP contribution in [-0.4, -0.2) is 43.0 Å². The van der Waals surface area contributed by atoms with E-state index in [1.54, 1.807) is 12.1 Å². The van der Waals surface area contributed by atoms with Crippen LogP contribution in [-0.2, 0) is 14.3 Å². The lowest BCUT2D eigenvalue weighted by Crippen LogP contribution is -2.42. The number of urea groups is 1. The molecule has 24 heavy (non-hydrogen) atoms. The summed E-state index contributed by atoms with van der Waals surface area (Å²) in [5.41, 5.74) is 0.335. The maximum absolute atomic E-state index is 11.8. The van der Waals surface area contributed by atoms with Crippen molar-refractivity contribution < 1.29 is 23.9 Å². The number of hydrogen-bond donors (Lipinski definition) is 3. The predicted octanol–water partition coefficient (Wildman–Crippen LogP) is 0.601. The van der Waals surface area contributed by atoms with Gasteiger partial charge in [0.05, 0.1) is 0 Å². The van der Waals surface area contributed by atoms with E-state index in [1.165, 1.54) is 12.1 Å². The Bertz CT molecular complexity index is 643. The minimum Gasteiger partial charge on any atom is -0.454 e. The summed E-state index contributed by atoms with van der Waals surface area (Å²) in [6.07, 6.45) is 1.79. The fourth-order valence-electron chi connectivity index (χ4n) is 1.66. The molecule has 0 saturated heterocycles. The summed E-state index contributed by atoms with van der Waals surface area (Å²) in [6.45, 7) is -1.00. The van der Waals surface area contributed by atoms with E-state index in [0.717, 1.165) is 12.8 Å². The van der Waals surface area contributed by atoms with Gasteiger partial charge in [-0.1, -0.05) is 11.6 Å². The molecule has 8 nitrogen and oxygen atoms in total. The molecule has 1 aliphatic carbocycles. The number of nitrogens with one attached hydrogen (secondary N) is 3. The highest BCUT2D eigenvalue weighted by Crippen LogP contribution is 2.18. The van der Waals surface area contributed by atoms with Crippen LogP contribution in [0.5, 0.6) is 0 Å². The third-order valence-corrected chi connectivity index (χ3v) is 3.28. The smallest absolute Gasteiger partial charge is 0.325 e. The van der Waals surface area contributed by atoms with Gasteiger partial charge in [0.25, 0.3) is 11.8 Å². The first-order chi connectivity index (χ1) is 11.4. The van der Waals surface area contributed by atoms with Gasteiger partial charge < -0.3 is 15.4 Å². The first-order valence-electron chi connectivity index (χ1n) is 7.24. The zero-order valence-corrected chi connectivity index (χ0v) is 13.4. The summed E-state index contributed by atoms with van der Waals surface area (Å²) in [4.78, 5) is 45.9. The number of imide groups is 1. The average molecular weight is 354 g/mol. The standard InChI is InChI=1S/C15H16ClN3O5/c16-10-3-1-9(2-4-10)14(22)17-7-13(21)24-8-12(20)19-15(23)18-11-5-6-11/h1-4,11H,5-8H2,(H,17,22)(H2,18,19,20,23). The summed E-state index contributed by atoms with van der Waals surface area (Å²) in [7, 11) is 0. The number of benzene rings is 1. The first kappa shape index (κ1) is 17.7. The molecule has 0 bridgehead atoms. The Balaban J connectivity index is 1.63. The topological polar surface area (TPSA) is 114 Å². The fourth-order valence-corrected chi connectivity index (χ4v) is 1.79. The molecule has 3 N–H and O–H groups in total.